The van der Waals surface area contributed by atoms with Gasteiger partial charge in [-0.1, -0.05) is 12.8 Å². The Morgan fingerprint density at radius 1 is 1.23 bits per heavy atom. The van der Waals surface area contributed by atoms with Crippen LogP contribution in [-0.2, 0) is 0 Å². The maximum atomic E-state index is 3.78. The van der Waals surface area contributed by atoms with Crippen molar-refractivity contribution < 1.29 is 0 Å². The van der Waals surface area contributed by atoms with Gasteiger partial charge in [0.2, 0.25) is 0 Å². The molecule has 1 aliphatic carbocycles. The highest BCUT2D eigenvalue weighted by molar-refractivity contribution is 4.93. The highest BCUT2D eigenvalue weighted by Crippen LogP contribution is 2.33. The van der Waals surface area contributed by atoms with Gasteiger partial charge in [-0.05, 0) is 39.3 Å². The van der Waals surface area contributed by atoms with Gasteiger partial charge in [-0.25, -0.2) is 0 Å². The fourth-order valence-electron chi connectivity index (χ4n) is 3.01. The van der Waals surface area contributed by atoms with Gasteiger partial charge in [-0.15, -0.1) is 0 Å². The van der Waals surface area contributed by atoms with E-state index in [1.807, 2.05) is 0 Å². The third-order valence-electron chi connectivity index (χ3n) is 3.53. The van der Waals surface area contributed by atoms with Crippen molar-refractivity contribution in [3.05, 3.63) is 0 Å². The van der Waals surface area contributed by atoms with Crippen LogP contribution in [0.25, 0.3) is 0 Å². The summed E-state index contributed by atoms with van der Waals surface area (Å²) in [5.41, 5.74) is 0. The second-order valence-corrected chi connectivity index (χ2v) is 5.01. The molecule has 76 valence electrons. The van der Waals surface area contributed by atoms with Gasteiger partial charge in [-0.2, -0.15) is 0 Å². The summed E-state index contributed by atoms with van der Waals surface area (Å²) in [6.45, 7) is 1.22. The van der Waals surface area contributed by atoms with Gasteiger partial charge < -0.3 is 10.2 Å². The van der Waals surface area contributed by atoms with E-state index in [0.29, 0.717) is 0 Å². The maximum absolute atomic E-state index is 3.78. The summed E-state index contributed by atoms with van der Waals surface area (Å²) in [6, 6.07) is 1.63. The second-order valence-electron chi connectivity index (χ2n) is 5.01. The lowest BCUT2D eigenvalue weighted by atomic mass is 9.85. The molecule has 3 atom stereocenters. The van der Waals surface area contributed by atoms with Gasteiger partial charge in [0, 0.05) is 18.6 Å². The number of rotatable bonds is 2. The summed E-state index contributed by atoms with van der Waals surface area (Å²) in [5, 5.41) is 3.78. The Kier molecular flexibility index (Phi) is 2.89. The van der Waals surface area contributed by atoms with Crippen LogP contribution in [0.15, 0.2) is 0 Å². The van der Waals surface area contributed by atoms with Crippen molar-refractivity contribution in [3.8, 4) is 0 Å². The number of hydrogen-bond acceptors (Lipinski definition) is 2. The molecule has 0 aromatic heterocycles. The fourth-order valence-corrected chi connectivity index (χ4v) is 3.01. The van der Waals surface area contributed by atoms with Crippen LogP contribution in [0.5, 0.6) is 0 Å². The van der Waals surface area contributed by atoms with Crippen LogP contribution in [0.1, 0.15) is 32.1 Å². The van der Waals surface area contributed by atoms with E-state index in [9.17, 15) is 0 Å². The molecule has 1 heterocycles. The van der Waals surface area contributed by atoms with Crippen LogP contribution in [0.4, 0.5) is 0 Å². The van der Waals surface area contributed by atoms with Gasteiger partial charge in [0.05, 0.1) is 0 Å². The first-order valence-corrected chi connectivity index (χ1v) is 5.66. The number of fused-ring (bicyclic) bond motifs is 1. The van der Waals surface area contributed by atoms with Crippen molar-refractivity contribution in [3.63, 3.8) is 0 Å². The first-order valence-electron chi connectivity index (χ1n) is 5.66. The molecular formula is C11H22N2. The minimum Gasteiger partial charge on any atom is -0.310 e. The molecule has 2 fully saturated rings. The number of likely N-dealkylation sites (N-methyl/N-ethyl adjacent to an activating group) is 1. The van der Waals surface area contributed by atoms with E-state index in [-0.39, 0.29) is 0 Å². The van der Waals surface area contributed by atoms with Crippen LogP contribution in [0.2, 0.25) is 0 Å². The molecule has 2 rings (SSSR count). The molecule has 2 nitrogen and oxygen atoms in total. The summed E-state index contributed by atoms with van der Waals surface area (Å²) < 4.78 is 0. The molecule has 1 N–H and O–H groups in total. The molecule has 1 saturated heterocycles. The highest BCUT2D eigenvalue weighted by atomic mass is 15.1. The van der Waals surface area contributed by atoms with Crippen LogP contribution in [0.3, 0.4) is 0 Å². The van der Waals surface area contributed by atoms with Crippen molar-refractivity contribution in [2.75, 3.05) is 20.6 Å². The highest BCUT2D eigenvalue weighted by Gasteiger charge is 2.34. The van der Waals surface area contributed by atoms with Crippen LogP contribution in [-0.4, -0.2) is 37.6 Å². The summed E-state index contributed by atoms with van der Waals surface area (Å²) in [5.74, 6) is 0.999. The molecule has 1 aliphatic heterocycles. The van der Waals surface area contributed by atoms with Crippen molar-refractivity contribution in [2.24, 2.45) is 5.92 Å². The van der Waals surface area contributed by atoms with Crippen molar-refractivity contribution in [1.29, 1.82) is 0 Å². The molecule has 0 aromatic rings. The average Bonchev–Trinajstić information content (AvgIpc) is 2.44. The minimum absolute atomic E-state index is 0.767. The fraction of sp³-hybridized carbons (Fsp3) is 1.00. The lowest BCUT2D eigenvalue weighted by Gasteiger charge is -2.24. The molecule has 0 bridgehead atoms. The Labute approximate surface area is 81.7 Å². The number of hydrogen-bond donors (Lipinski definition) is 1. The molecule has 1 saturated carbocycles. The van der Waals surface area contributed by atoms with E-state index >= 15 is 0 Å². The van der Waals surface area contributed by atoms with Crippen LogP contribution >= 0.6 is 0 Å². The minimum atomic E-state index is 0.767. The van der Waals surface area contributed by atoms with Crippen LogP contribution < -0.4 is 5.32 Å². The quantitative estimate of drug-likeness (QED) is 0.695. The van der Waals surface area contributed by atoms with Crippen LogP contribution in [0, 0.1) is 5.92 Å². The summed E-state index contributed by atoms with van der Waals surface area (Å²) in [7, 11) is 4.34. The topological polar surface area (TPSA) is 15.3 Å². The Morgan fingerprint density at radius 3 is 2.69 bits per heavy atom. The zero-order valence-electron chi connectivity index (χ0n) is 8.92. The smallest absolute Gasteiger partial charge is 0.0200 e. The maximum Gasteiger partial charge on any atom is 0.0200 e. The Bertz CT molecular complexity index is 153. The summed E-state index contributed by atoms with van der Waals surface area (Å²) in [4.78, 5) is 2.30. The predicted octanol–water partition coefficient (Wildman–Crippen LogP) is 1.47. The SMILES string of the molecule is CN(C)CC1CC2CCCCC2N1. The lowest BCUT2D eigenvalue weighted by Crippen LogP contribution is -2.38. The molecule has 0 radical (unpaired) electrons. The van der Waals surface area contributed by atoms with E-state index in [1.165, 1.54) is 38.6 Å². The zero-order chi connectivity index (χ0) is 9.26. The van der Waals surface area contributed by atoms with Gasteiger partial charge in [0.1, 0.15) is 0 Å². The third kappa shape index (κ3) is 2.23. The Balaban J connectivity index is 1.84. The van der Waals surface area contributed by atoms with Gasteiger partial charge in [0.15, 0.2) is 0 Å². The van der Waals surface area contributed by atoms with Gasteiger partial charge >= 0.3 is 0 Å². The van der Waals surface area contributed by atoms with Gasteiger partial charge in [-0.3, -0.25) is 0 Å². The van der Waals surface area contributed by atoms with Crippen molar-refractivity contribution >= 4 is 0 Å². The standard InChI is InChI=1S/C11H22N2/c1-13(2)8-10-7-9-5-3-4-6-11(9)12-10/h9-12H,3-8H2,1-2H3. The zero-order valence-corrected chi connectivity index (χ0v) is 8.92. The lowest BCUT2D eigenvalue weighted by molar-refractivity contribution is 0.324. The summed E-state index contributed by atoms with van der Waals surface area (Å²) in [6.07, 6.45) is 7.24. The van der Waals surface area contributed by atoms with E-state index in [0.717, 1.165) is 18.0 Å². The first kappa shape index (κ1) is 9.47. The molecule has 2 heteroatoms. The third-order valence-corrected chi connectivity index (χ3v) is 3.53. The molecule has 0 amide bonds. The predicted molar refractivity (Wildman–Crippen MR) is 55.8 cm³/mol. The molecule has 3 unspecified atom stereocenters. The number of nitrogens with one attached hydrogen (secondary N) is 1. The molecular weight excluding hydrogens is 160 g/mol. The molecule has 2 aliphatic rings. The van der Waals surface area contributed by atoms with E-state index in [4.69, 9.17) is 0 Å². The molecule has 13 heavy (non-hydrogen) atoms. The van der Waals surface area contributed by atoms with E-state index < -0.39 is 0 Å². The Morgan fingerprint density at radius 2 is 2.00 bits per heavy atom. The first-order chi connectivity index (χ1) is 6.25. The normalized spacial score (nSPS) is 39.5. The Hall–Kier alpha value is -0.0800. The largest absolute Gasteiger partial charge is 0.310 e. The monoisotopic (exact) mass is 182 g/mol. The van der Waals surface area contributed by atoms with Crippen molar-refractivity contribution in [1.82, 2.24) is 10.2 Å². The number of nitrogens with zero attached hydrogens (tertiary/aromatic N) is 1. The van der Waals surface area contributed by atoms with Crippen molar-refractivity contribution in [2.45, 2.75) is 44.2 Å². The second kappa shape index (κ2) is 3.97. The molecule has 0 aromatic carbocycles. The average molecular weight is 182 g/mol. The van der Waals surface area contributed by atoms with Gasteiger partial charge in [0.25, 0.3) is 0 Å². The van der Waals surface area contributed by atoms with E-state index in [2.05, 4.69) is 24.3 Å². The summed E-state index contributed by atoms with van der Waals surface area (Å²) >= 11 is 0. The van der Waals surface area contributed by atoms with E-state index in [1.54, 1.807) is 0 Å². The molecule has 0 spiro atoms.